The summed E-state index contributed by atoms with van der Waals surface area (Å²) in [5.41, 5.74) is 0. The fourth-order valence-electron chi connectivity index (χ4n) is 1.97. The molecule has 2 rings (SSSR count). The number of carbonyl (C=O) groups is 2. The summed E-state index contributed by atoms with van der Waals surface area (Å²) in [4.78, 5) is 24.4. The fourth-order valence-corrected chi connectivity index (χ4v) is 2.64. The van der Waals surface area contributed by atoms with E-state index < -0.39 is 0 Å². The second-order valence-electron chi connectivity index (χ2n) is 4.57. The molecule has 0 bridgehead atoms. The SMILES string of the molecule is C[C@@H](CC(=O)c1cccs1)NC(=O)[C@@H]1CCOC1. The molecule has 5 heteroatoms. The van der Waals surface area contributed by atoms with Crippen molar-refractivity contribution in [2.45, 2.75) is 25.8 Å². The topological polar surface area (TPSA) is 55.4 Å². The van der Waals surface area contributed by atoms with Crippen molar-refractivity contribution in [3.05, 3.63) is 22.4 Å². The van der Waals surface area contributed by atoms with Gasteiger partial charge in [-0.25, -0.2) is 0 Å². The van der Waals surface area contributed by atoms with E-state index in [1.54, 1.807) is 0 Å². The molecule has 18 heavy (non-hydrogen) atoms. The van der Waals surface area contributed by atoms with Crippen LogP contribution >= 0.6 is 11.3 Å². The van der Waals surface area contributed by atoms with Gasteiger partial charge in [0.15, 0.2) is 5.78 Å². The first-order valence-electron chi connectivity index (χ1n) is 6.11. The van der Waals surface area contributed by atoms with E-state index in [4.69, 9.17) is 4.74 Å². The van der Waals surface area contributed by atoms with E-state index in [9.17, 15) is 9.59 Å². The van der Waals surface area contributed by atoms with Gasteiger partial charge in [-0.05, 0) is 24.8 Å². The minimum absolute atomic E-state index is 0.000945. The maximum Gasteiger partial charge on any atom is 0.225 e. The van der Waals surface area contributed by atoms with E-state index in [0.29, 0.717) is 19.6 Å². The molecule has 0 aromatic carbocycles. The molecule has 98 valence electrons. The minimum Gasteiger partial charge on any atom is -0.381 e. The molecule has 1 aliphatic heterocycles. The molecule has 1 N–H and O–H groups in total. The smallest absolute Gasteiger partial charge is 0.225 e. The third-order valence-corrected chi connectivity index (χ3v) is 3.89. The van der Waals surface area contributed by atoms with Crippen LogP contribution in [-0.2, 0) is 9.53 Å². The second-order valence-corrected chi connectivity index (χ2v) is 5.52. The number of hydrogen-bond acceptors (Lipinski definition) is 4. The molecule has 1 aliphatic rings. The average Bonchev–Trinajstić information content (AvgIpc) is 3.02. The van der Waals surface area contributed by atoms with Gasteiger partial charge >= 0.3 is 0 Å². The number of hydrogen-bond donors (Lipinski definition) is 1. The highest BCUT2D eigenvalue weighted by Gasteiger charge is 2.25. The van der Waals surface area contributed by atoms with Crippen LogP contribution < -0.4 is 5.32 Å². The van der Waals surface area contributed by atoms with Gasteiger partial charge in [-0.15, -0.1) is 11.3 Å². The standard InChI is InChI=1S/C13H17NO3S/c1-9(7-11(15)12-3-2-6-18-12)14-13(16)10-4-5-17-8-10/h2-3,6,9-10H,4-5,7-8H2,1H3,(H,14,16)/t9-,10+/m0/s1. The summed E-state index contributed by atoms with van der Waals surface area (Å²) in [7, 11) is 0. The third kappa shape index (κ3) is 3.40. The lowest BCUT2D eigenvalue weighted by molar-refractivity contribution is -0.125. The molecule has 4 nitrogen and oxygen atoms in total. The van der Waals surface area contributed by atoms with Crippen LogP contribution in [0.3, 0.4) is 0 Å². The van der Waals surface area contributed by atoms with Crippen molar-refractivity contribution in [1.82, 2.24) is 5.32 Å². The van der Waals surface area contributed by atoms with Gasteiger partial charge in [0.05, 0.1) is 17.4 Å². The summed E-state index contributed by atoms with van der Waals surface area (Å²) in [5.74, 6) is 0.0312. The van der Waals surface area contributed by atoms with Gasteiger partial charge in [0.25, 0.3) is 0 Å². The molecule has 1 saturated heterocycles. The van der Waals surface area contributed by atoms with E-state index in [1.807, 2.05) is 24.4 Å². The summed E-state index contributed by atoms with van der Waals surface area (Å²) >= 11 is 1.43. The molecule has 2 heterocycles. The van der Waals surface area contributed by atoms with Crippen molar-refractivity contribution in [2.24, 2.45) is 5.92 Å². The van der Waals surface area contributed by atoms with Crippen molar-refractivity contribution < 1.29 is 14.3 Å². The highest BCUT2D eigenvalue weighted by molar-refractivity contribution is 7.12. The van der Waals surface area contributed by atoms with Crippen LogP contribution in [0.4, 0.5) is 0 Å². The zero-order valence-corrected chi connectivity index (χ0v) is 11.2. The summed E-state index contributed by atoms with van der Waals surface area (Å²) in [6.45, 7) is 3.01. The summed E-state index contributed by atoms with van der Waals surface area (Å²) < 4.78 is 5.17. The van der Waals surface area contributed by atoms with Crippen LogP contribution in [0.5, 0.6) is 0 Å². The van der Waals surface area contributed by atoms with Gasteiger partial charge in [-0.3, -0.25) is 9.59 Å². The van der Waals surface area contributed by atoms with Crippen LogP contribution in [0, 0.1) is 5.92 Å². The molecule has 1 fully saturated rings. The zero-order valence-electron chi connectivity index (χ0n) is 10.3. The van der Waals surface area contributed by atoms with Crippen molar-refractivity contribution >= 4 is 23.0 Å². The number of carbonyl (C=O) groups excluding carboxylic acids is 2. The normalized spacial score (nSPS) is 20.6. The number of amides is 1. The largest absolute Gasteiger partial charge is 0.381 e. The Labute approximate surface area is 110 Å². The van der Waals surface area contributed by atoms with Gasteiger partial charge in [0.2, 0.25) is 5.91 Å². The molecule has 0 radical (unpaired) electrons. The predicted octanol–water partition coefficient (Wildman–Crippen LogP) is 1.86. The van der Waals surface area contributed by atoms with Crippen molar-refractivity contribution in [2.75, 3.05) is 13.2 Å². The highest BCUT2D eigenvalue weighted by atomic mass is 32.1. The quantitative estimate of drug-likeness (QED) is 0.828. The van der Waals surface area contributed by atoms with Crippen LogP contribution in [0.1, 0.15) is 29.4 Å². The third-order valence-electron chi connectivity index (χ3n) is 2.98. The maximum atomic E-state index is 11.9. The van der Waals surface area contributed by atoms with Gasteiger partial charge in [0.1, 0.15) is 0 Å². The Bertz CT molecular complexity index is 410. The lowest BCUT2D eigenvalue weighted by Crippen LogP contribution is -2.38. The van der Waals surface area contributed by atoms with Crippen molar-refractivity contribution in [3.8, 4) is 0 Å². The Kier molecular flexibility index (Phi) is 4.49. The molecule has 0 saturated carbocycles. The van der Waals surface area contributed by atoms with Gasteiger partial charge in [0, 0.05) is 19.1 Å². The summed E-state index contributed by atoms with van der Waals surface area (Å²) in [6.07, 6.45) is 1.12. The maximum absolute atomic E-state index is 11.9. The Morgan fingerprint density at radius 2 is 2.44 bits per heavy atom. The monoisotopic (exact) mass is 267 g/mol. The molecular formula is C13H17NO3S. The lowest BCUT2D eigenvalue weighted by atomic mass is 10.1. The number of ether oxygens (including phenoxy) is 1. The first kappa shape index (κ1) is 13.2. The van der Waals surface area contributed by atoms with Crippen LogP contribution in [0.2, 0.25) is 0 Å². The van der Waals surface area contributed by atoms with Gasteiger partial charge in [-0.1, -0.05) is 6.07 Å². The molecule has 1 aromatic rings. The molecule has 0 aliphatic carbocycles. The molecule has 1 aromatic heterocycles. The van der Waals surface area contributed by atoms with E-state index >= 15 is 0 Å². The Morgan fingerprint density at radius 3 is 3.06 bits per heavy atom. The summed E-state index contributed by atoms with van der Waals surface area (Å²) in [6, 6.07) is 3.54. The average molecular weight is 267 g/mol. The lowest BCUT2D eigenvalue weighted by Gasteiger charge is -2.15. The van der Waals surface area contributed by atoms with E-state index in [-0.39, 0.29) is 23.7 Å². The van der Waals surface area contributed by atoms with E-state index in [1.165, 1.54) is 11.3 Å². The van der Waals surface area contributed by atoms with Crippen LogP contribution in [0.25, 0.3) is 0 Å². The Morgan fingerprint density at radius 1 is 1.61 bits per heavy atom. The zero-order chi connectivity index (χ0) is 13.0. The minimum atomic E-state index is -0.132. The number of Topliss-reactive ketones (excluding diaryl/α,β-unsaturated/α-hetero) is 1. The highest BCUT2D eigenvalue weighted by Crippen LogP contribution is 2.14. The van der Waals surface area contributed by atoms with Crippen molar-refractivity contribution in [3.63, 3.8) is 0 Å². The molecule has 0 spiro atoms. The Hall–Kier alpha value is -1.20. The molecule has 0 unspecified atom stereocenters. The van der Waals surface area contributed by atoms with Crippen LogP contribution in [0.15, 0.2) is 17.5 Å². The first-order chi connectivity index (χ1) is 8.66. The Balaban J connectivity index is 1.79. The molecule has 1 amide bonds. The fraction of sp³-hybridized carbons (Fsp3) is 0.538. The van der Waals surface area contributed by atoms with Crippen LogP contribution in [-0.4, -0.2) is 30.9 Å². The summed E-state index contributed by atoms with van der Waals surface area (Å²) in [5, 5.41) is 4.76. The van der Waals surface area contributed by atoms with E-state index in [0.717, 1.165) is 11.3 Å². The second kappa shape index (κ2) is 6.11. The molecule has 2 atom stereocenters. The number of rotatable bonds is 5. The first-order valence-corrected chi connectivity index (χ1v) is 6.99. The van der Waals surface area contributed by atoms with Crippen molar-refractivity contribution in [1.29, 1.82) is 0 Å². The van der Waals surface area contributed by atoms with Gasteiger partial charge in [-0.2, -0.15) is 0 Å². The van der Waals surface area contributed by atoms with Gasteiger partial charge < -0.3 is 10.1 Å². The number of nitrogens with one attached hydrogen (secondary N) is 1. The molecular weight excluding hydrogens is 250 g/mol. The predicted molar refractivity (Wildman–Crippen MR) is 69.8 cm³/mol. The number of ketones is 1. The van der Waals surface area contributed by atoms with E-state index in [2.05, 4.69) is 5.32 Å². The number of thiophene rings is 1.